The predicted molar refractivity (Wildman–Crippen MR) is 122 cm³/mol. The average molecular weight is 477 g/mol. The zero-order valence-corrected chi connectivity index (χ0v) is 19.2. The van der Waals surface area contributed by atoms with E-state index in [2.05, 4.69) is 10.3 Å². The van der Waals surface area contributed by atoms with Gasteiger partial charge in [-0.25, -0.2) is 9.37 Å². The largest absolute Gasteiger partial charge is 0.507 e. The highest BCUT2D eigenvalue weighted by molar-refractivity contribution is 6.35. The molecule has 1 aromatic carbocycles. The molecule has 2 atom stereocenters. The van der Waals surface area contributed by atoms with Crippen molar-refractivity contribution in [1.82, 2.24) is 15.2 Å². The Morgan fingerprint density at radius 3 is 2.79 bits per heavy atom. The molecule has 2 saturated heterocycles. The topological polar surface area (TPSA) is 98.2 Å². The summed E-state index contributed by atoms with van der Waals surface area (Å²) in [5.74, 6) is -0.899. The summed E-state index contributed by atoms with van der Waals surface area (Å²) in [7, 11) is 0. The molecule has 4 heterocycles. The van der Waals surface area contributed by atoms with Gasteiger partial charge in [-0.3, -0.25) is 4.79 Å². The van der Waals surface area contributed by atoms with Crippen molar-refractivity contribution in [2.45, 2.75) is 38.0 Å². The second kappa shape index (κ2) is 8.00. The number of nitrogens with one attached hydrogen (secondary N) is 1. The van der Waals surface area contributed by atoms with E-state index in [9.17, 15) is 19.4 Å². The smallest absolute Gasteiger partial charge is 0.261 e. The molecule has 33 heavy (non-hydrogen) atoms. The van der Waals surface area contributed by atoms with Crippen LogP contribution in [-0.4, -0.2) is 76.5 Å². The molecule has 1 unspecified atom stereocenters. The molecule has 3 N–H and O–H groups in total. The molecule has 1 aromatic heterocycles. The lowest BCUT2D eigenvalue weighted by Gasteiger charge is -2.37. The van der Waals surface area contributed by atoms with Crippen LogP contribution in [0.4, 0.5) is 10.2 Å². The summed E-state index contributed by atoms with van der Waals surface area (Å²) in [5, 5.41) is 24.3. The number of carbonyl (C=O) groups excluding carboxylic acids is 1. The summed E-state index contributed by atoms with van der Waals surface area (Å²) in [5.41, 5.74) is -0.711. The number of anilines is 1. The molecular weight excluding hydrogens is 451 g/mol. The lowest BCUT2D eigenvalue weighted by Crippen LogP contribution is -2.55. The number of pyridine rings is 1. The Balaban J connectivity index is 1.78. The summed E-state index contributed by atoms with van der Waals surface area (Å²) in [6.45, 7) is 6.12. The number of nitrogens with zero attached hydrogens (tertiary/aromatic N) is 3. The van der Waals surface area contributed by atoms with Crippen LogP contribution in [0.2, 0.25) is 5.02 Å². The monoisotopic (exact) mass is 476 g/mol. The van der Waals surface area contributed by atoms with Crippen molar-refractivity contribution in [3.05, 3.63) is 34.6 Å². The molecule has 1 amide bonds. The van der Waals surface area contributed by atoms with E-state index in [1.807, 2.05) is 18.7 Å². The van der Waals surface area contributed by atoms with Crippen molar-refractivity contribution >= 4 is 23.3 Å². The van der Waals surface area contributed by atoms with Crippen LogP contribution in [0.5, 0.6) is 11.5 Å². The first kappa shape index (κ1) is 22.2. The van der Waals surface area contributed by atoms with Crippen LogP contribution in [0.3, 0.4) is 0 Å². The van der Waals surface area contributed by atoms with Gasteiger partial charge in [-0.15, -0.1) is 0 Å². The number of phenols is 1. The number of phenolic OH excluding ortho intramolecular Hbond substituents is 1. The van der Waals surface area contributed by atoms with E-state index in [1.54, 1.807) is 4.90 Å². The van der Waals surface area contributed by atoms with Crippen LogP contribution in [0.1, 0.15) is 30.6 Å². The van der Waals surface area contributed by atoms with E-state index < -0.39 is 17.5 Å². The Labute approximate surface area is 195 Å². The number of aromatic nitrogens is 1. The molecule has 0 aliphatic carbocycles. The molecular formula is C23H26ClFN4O4. The molecule has 10 heteroatoms. The summed E-state index contributed by atoms with van der Waals surface area (Å²) in [4.78, 5) is 22.0. The summed E-state index contributed by atoms with van der Waals surface area (Å²) < 4.78 is 20.9. The zero-order chi connectivity index (χ0) is 23.5. The lowest BCUT2D eigenvalue weighted by atomic mass is 9.97. The van der Waals surface area contributed by atoms with Gasteiger partial charge in [0.15, 0.2) is 5.75 Å². The first-order valence-corrected chi connectivity index (χ1v) is 11.4. The summed E-state index contributed by atoms with van der Waals surface area (Å²) in [6.07, 6.45) is -0.165. The van der Waals surface area contributed by atoms with E-state index in [-0.39, 0.29) is 57.7 Å². The van der Waals surface area contributed by atoms with Gasteiger partial charge in [0.05, 0.1) is 23.2 Å². The number of aliphatic hydroxyl groups is 1. The van der Waals surface area contributed by atoms with Gasteiger partial charge in [0.1, 0.15) is 40.3 Å². The number of aliphatic hydroxyl groups excluding tert-OH is 1. The molecule has 3 aliphatic rings. The van der Waals surface area contributed by atoms with E-state index in [0.717, 1.165) is 0 Å². The molecule has 0 radical (unpaired) electrons. The number of amides is 1. The maximum absolute atomic E-state index is 14.8. The normalized spacial score (nSPS) is 24.2. The van der Waals surface area contributed by atoms with Gasteiger partial charge in [-0.2, -0.15) is 0 Å². The molecule has 0 saturated carbocycles. The minimum absolute atomic E-state index is 0.0102. The Hall–Kier alpha value is -2.62. The minimum Gasteiger partial charge on any atom is -0.507 e. The maximum atomic E-state index is 14.8. The zero-order valence-electron chi connectivity index (χ0n) is 18.4. The van der Waals surface area contributed by atoms with E-state index in [4.69, 9.17) is 16.3 Å². The molecule has 0 spiro atoms. The van der Waals surface area contributed by atoms with E-state index in [1.165, 1.54) is 18.2 Å². The highest BCUT2D eigenvalue weighted by Crippen LogP contribution is 2.47. The average Bonchev–Trinajstić information content (AvgIpc) is 2.95. The number of hydrogen-bond acceptors (Lipinski definition) is 7. The highest BCUT2D eigenvalue weighted by atomic mass is 35.5. The Kier molecular flexibility index (Phi) is 5.38. The molecule has 2 fully saturated rings. The van der Waals surface area contributed by atoms with Gasteiger partial charge in [-0.1, -0.05) is 17.7 Å². The number of ether oxygens (including phenoxy) is 1. The van der Waals surface area contributed by atoms with Gasteiger partial charge in [-0.05, 0) is 32.4 Å². The number of carbonyl (C=O) groups is 1. The van der Waals surface area contributed by atoms with Crippen LogP contribution >= 0.6 is 11.6 Å². The first-order valence-electron chi connectivity index (χ1n) is 11.0. The fraction of sp³-hybridized carbons (Fsp3) is 0.478. The minimum atomic E-state index is -0.738. The van der Waals surface area contributed by atoms with Crippen molar-refractivity contribution in [2.75, 3.05) is 37.7 Å². The van der Waals surface area contributed by atoms with Crippen LogP contribution in [0.25, 0.3) is 11.3 Å². The van der Waals surface area contributed by atoms with Crippen molar-refractivity contribution in [1.29, 1.82) is 0 Å². The third-order valence-corrected chi connectivity index (χ3v) is 7.29. The fourth-order valence-electron chi connectivity index (χ4n) is 4.92. The Morgan fingerprint density at radius 1 is 1.30 bits per heavy atom. The second-order valence-corrected chi connectivity index (χ2v) is 9.59. The lowest BCUT2D eigenvalue weighted by molar-refractivity contribution is 0.0606. The fourth-order valence-corrected chi connectivity index (χ4v) is 5.20. The van der Waals surface area contributed by atoms with Crippen LogP contribution in [0.15, 0.2) is 18.2 Å². The standard InChI is InChI=1S/C23H26ClFN4O4/c1-23(2)15(31)6-8-29(23)21-17-20(33-11-12-10-26-7-9-28(12)22(17)32)18(24)19(27-21)16-13(25)4-3-5-14(16)30/h3-5,12,15,26,30-31H,6-11H2,1-2H3/t12-,15?/m1/s1. The van der Waals surface area contributed by atoms with Crippen LogP contribution in [-0.2, 0) is 0 Å². The van der Waals surface area contributed by atoms with Crippen molar-refractivity contribution < 1.29 is 24.1 Å². The molecule has 0 bridgehead atoms. The SMILES string of the molecule is CC1(C)C(O)CCN1c1nc(-c2c(O)cccc2F)c(Cl)c2c1C(=O)N1CCNC[C@@H]1CO2. The van der Waals surface area contributed by atoms with Crippen LogP contribution in [0, 0.1) is 5.82 Å². The third kappa shape index (κ3) is 3.41. The second-order valence-electron chi connectivity index (χ2n) is 9.21. The number of benzene rings is 1. The first-order chi connectivity index (χ1) is 15.7. The molecule has 176 valence electrons. The van der Waals surface area contributed by atoms with Gasteiger partial charge in [0.2, 0.25) is 0 Å². The van der Waals surface area contributed by atoms with E-state index >= 15 is 0 Å². The third-order valence-electron chi connectivity index (χ3n) is 6.94. The molecule has 2 aromatic rings. The highest BCUT2D eigenvalue weighted by Gasteiger charge is 2.45. The summed E-state index contributed by atoms with van der Waals surface area (Å²) in [6, 6.07) is 3.76. The molecule has 8 nitrogen and oxygen atoms in total. The van der Waals surface area contributed by atoms with Gasteiger partial charge >= 0.3 is 0 Å². The van der Waals surface area contributed by atoms with Crippen molar-refractivity contribution in [3.8, 4) is 22.8 Å². The van der Waals surface area contributed by atoms with Gasteiger partial charge < -0.3 is 30.1 Å². The van der Waals surface area contributed by atoms with E-state index in [0.29, 0.717) is 32.6 Å². The van der Waals surface area contributed by atoms with Crippen molar-refractivity contribution in [3.63, 3.8) is 0 Å². The number of hydrogen-bond donors (Lipinski definition) is 3. The predicted octanol–water partition coefficient (Wildman–Crippen LogP) is 2.40. The Bertz CT molecular complexity index is 1110. The van der Waals surface area contributed by atoms with Gasteiger partial charge in [0.25, 0.3) is 5.91 Å². The molecule has 3 aliphatic heterocycles. The number of fused-ring (bicyclic) bond motifs is 2. The number of aromatic hydroxyl groups is 1. The quantitative estimate of drug-likeness (QED) is 0.612. The Morgan fingerprint density at radius 2 is 2.09 bits per heavy atom. The number of halogens is 2. The van der Waals surface area contributed by atoms with Gasteiger partial charge in [0, 0.05) is 26.2 Å². The maximum Gasteiger partial charge on any atom is 0.261 e. The number of rotatable bonds is 2. The summed E-state index contributed by atoms with van der Waals surface area (Å²) >= 11 is 6.70. The molecule has 5 rings (SSSR count). The van der Waals surface area contributed by atoms with Crippen LogP contribution < -0.4 is 15.0 Å². The van der Waals surface area contributed by atoms with Crippen molar-refractivity contribution in [2.24, 2.45) is 0 Å². The number of piperazine rings is 1.